The highest BCUT2D eigenvalue weighted by Gasteiger charge is 2.33. The van der Waals surface area contributed by atoms with E-state index in [4.69, 9.17) is 5.73 Å². The molecule has 0 aliphatic carbocycles. The summed E-state index contributed by atoms with van der Waals surface area (Å²) in [6.45, 7) is 8.02. The molecule has 0 saturated carbocycles. The number of nitrogen functional groups attached to an aromatic ring is 1. The van der Waals surface area contributed by atoms with Gasteiger partial charge in [0.05, 0.1) is 11.4 Å². The SMILES string of the molecule is Cc1ccc(N2CC3CCCCN3CC2C)c(N)c1. The van der Waals surface area contributed by atoms with Gasteiger partial charge in [0, 0.05) is 25.2 Å². The molecule has 2 aliphatic heterocycles. The quantitative estimate of drug-likeness (QED) is 0.787. The predicted octanol–water partition coefficient (Wildman–Crippen LogP) is 2.64. The van der Waals surface area contributed by atoms with Crippen LogP contribution in [0.5, 0.6) is 0 Å². The van der Waals surface area contributed by atoms with Crippen molar-refractivity contribution in [3.05, 3.63) is 23.8 Å². The molecule has 0 radical (unpaired) electrons. The minimum absolute atomic E-state index is 0.555. The fourth-order valence-electron chi connectivity index (χ4n) is 3.62. The summed E-state index contributed by atoms with van der Waals surface area (Å²) in [6, 6.07) is 7.74. The van der Waals surface area contributed by atoms with Gasteiger partial charge < -0.3 is 10.6 Å². The average Bonchev–Trinajstić information content (AvgIpc) is 2.38. The van der Waals surface area contributed by atoms with Gasteiger partial charge in [0.2, 0.25) is 0 Å². The molecule has 2 fully saturated rings. The number of piperidine rings is 1. The molecule has 1 aromatic rings. The van der Waals surface area contributed by atoms with Crippen LogP contribution < -0.4 is 10.6 Å². The molecular formula is C16H25N3. The molecule has 1 aromatic carbocycles. The van der Waals surface area contributed by atoms with E-state index in [9.17, 15) is 0 Å². The van der Waals surface area contributed by atoms with Crippen molar-refractivity contribution in [1.29, 1.82) is 0 Å². The number of piperazine rings is 1. The van der Waals surface area contributed by atoms with Crippen LogP contribution in [0.4, 0.5) is 11.4 Å². The highest BCUT2D eigenvalue weighted by molar-refractivity contribution is 5.69. The molecule has 0 aromatic heterocycles. The largest absolute Gasteiger partial charge is 0.397 e. The third kappa shape index (κ3) is 2.44. The molecule has 19 heavy (non-hydrogen) atoms. The van der Waals surface area contributed by atoms with Crippen molar-refractivity contribution in [3.8, 4) is 0 Å². The summed E-state index contributed by atoms with van der Waals surface area (Å²) >= 11 is 0. The minimum Gasteiger partial charge on any atom is -0.397 e. The second-order valence-electron chi connectivity index (χ2n) is 6.21. The van der Waals surface area contributed by atoms with Gasteiger partial charge in [-0.25, -0.2) is 0 Å². The fourth-order valence-corrected chi connectivity index (χ4v) is 3.62. The van der Waals surface area contributed by atoms with E-state index in [2.05, 4.69) is 41.8 Å². The van der Waals surface area contributed by atoms with Crippen molar-refractivity contribution in [2.75, 3.05) is 30.3 Å². The molecule has 0 spiro atoms. The van der Waals surface area contributed by atoms with E-state index >= 15 is 0 Å². The number of anilines is 2. The van der Waals surface area contributed by atoms with E-state index < -0.39 is 0 Å². The summed E-state index contributed by atoms with van der Waals surface area (Å²) < 4.78 is 0. The van der Waals surface area contributed by atoms with E-state index in [-0.39, 0.29) is 0 Å². The third-order valence-electron chi connectivity index (χ3n) is 4.68. The molecule has 0 amide bonds. The zero-order valence-corrected chi connectivity index (χ0v) is 12.1. The first kappa shape index (κ1) is 12.8. The van der Waals surface area contributed by atoms with Gasteiger partial charge in [-0.05, 0) is 50.9 Å². The van der Waals surface area contributed by atoms with E-state index in [0.29, 0.717) is 6.04 Å². The van der Waals surface area contributed by atoms with E-state index in [1.807, 2.05) is 0 Å². The molecule has 2 saturated heterocycles. The molecule has 3 nitrogen and oxygen atoms in total. The van der Waals surface area contributed by atoms with Crippen molar-refractivity contribution < 1.29 is 0 Å². The van der Waals surface area contributed by atoms with E-state index in [0.717, 1.165) is 18.3 Å². The lowest BCUT2D eigenvalue weighted by atomic mass is 9.96. The van der Waals surface area contributed by atoms with Crippen molar-refractivity contribution in [3.63, 3.8) is 0 Å². The first-order valence-electron chi connectivity index (χ1n) is 7.52. The number of benzene rings is 1. The van der Waals surface area contributed by atoms with Crippen LogP contribution >= 0.6 is 0 Å². The molecule has 2 aliphatic rings. The Hall–Kier alpha value is -1.22. The summed E-state index contributed by atoms with van der Waals surface area (Å²) in [4.78, 5) is 5.19. The van der Waals surface area contributed by atoms with Gasteiger partial charge in [-0.15, -0.1) is 0 Å². The second-order valence-corrected chi connectivity index (χ2v) is 6.21. The predicted molar refractivity (Wildman–Crippen MR) is 81.6 cm³/mol. The lowest BCUT2D eigenvalue weighted by molar-refractivity contribution is 0.115. The molecule has 2 unspecified atom stereocenters. The third-order valence-corrected chi connectivity index (χ3v) is 4.68. The first-order chi connectivity index (χ1) is 9.15. The van der Waals surface area contributed by atoms with Crippen LogP contribution in [-0.4, -0.2) is 36.6 Å². The Morgan fingerprint density at radius 2 is 2.05 bits per heavy atom. The molecule has 3 heteroatoms. The van der Waals surface area contributed by atoms with Gasteiger partial charge in [-0.2, -0.15) is 0 Å². The van der Waals surface area contributed by atoms with Crippen LogP contribution in [0.2, 0.25) is 0 Å². The van der Waals surface area contributed by atoms with Gasteiger partial charge in [0.15, 0.2) is 0 Å². The average molecular weight is 259 g/mol. The summed E-state index contributed by atoms with van der Waals surface area (Å²) in [5.74, 6) is 0. The van der Waals surface area contributed by atoms with E-state index in [1.54, 1.807) is 0 Å². The Kier molecular flexibility index (Phi) is 3.40. The summed E-state index contributed by atoms with van der Waals surface area (Å²) in [5, 5.41) is 0. The topological polar surface area (TPSA) is 32.5 Å². The van der Waals surface area contributed by atoms with Gasteiger partial charge in [0.1, 0.15) is 0 Å². The normalized spacial score (nSPS) is 28.2. The Labute approximate surface area is 116 Å². The number of aryl methyl sites for hydroxylation is 1. The number of nitrogens with zero attached hydrogens (tertiary/aromatic N) is 2. The lowest BCUT2D eigenvalue weighted by Crippen LogP contribution is -2.59. The molecule has 3 rings (SSSR count). The zero-order chi connectivity index (χ0) is 13.4. The fraction of sp³-hybridized carbons (Fsp3) is 0.625. The van der Waals surface area contributed by atoms with Crippen LogP contribution in [0.1, 0.15) is 31.7 Å². The van der Waals surface area contributed by atoms with Crippen molar-refractivity contribution in [2.24, 2.45) is 0 Å². The lowest BCUT2D eigenvalue weighted by Gasteiger charge is -2.48. The van der Waals surface area contributed by atoms with E-state index in [1.165, 1.54) is 43.6 Å². The van der Waals surface area contributed by atoms with Crippen LogP contribution in [0.15, 0.2) is 18.2 Å². The zero-order valence-electron chi connectivity index (χ0n) is 12.1. The van der Waals surface area contributed by atoms with Gasteiger partial charge in [-0.3, -0.25) is 4.90 Å². The van der Waals surface area contributed by atoms with Crippen LogP contribution in [0, 0.1) is 6.92 Å². The summed E-state index contributed by atoms with van der Waals surface area (Å²) in [6.07, 6.45) is 4.09. The van der Waals surface area contributed by atoms with Gasteiger partial charge >= 0.3 is 0 Å². The monoisotopic (exact) mass is 259 g/mol. The molecule has 2 atom stereocenters. The first-order valence-corrected chi connectivity index (χ1v) is 7.52. The number of nitrogens with two attached hydrogens (primary N) is 1. The molecule has 0 bridgehead atoms. The van der Waals surface area contributed by atoms with Crippen LogP contribution in [0.25, 0.3) is 0 Å². The smallest absolute Gasteiger partial charge is 0.0603 e. The molecular weight excluding hydrogens is 234 g/mol. The maximum atomic E-state index is 6.23. The maximum Gasteiger partial charge on any atom is 0.0603 e. The van der Waals surface area contributed by atoms with Crippen LogP contribution in [0.3, 0.4) is 0 Å². The Bertz CT molecular complexity index is 457. The van der Waals surface area contributed by atoms with Crippen molar-refractivity contribution >= 4 is 11.4 Å². The Balaban J connectivity index is 1.83. The molecule has 2 N–H and O–H groups in total. The number of hydrogen-bond donors (Lipinski definition) is 1. The van der Waals surface area contributed by atoms with Crippen molar-refractivity contribution in [2.45, 2.75) is 45.2 Å². The van der Waals surface area contributed by atoms with Crippen LogP contribution in [-0.2, 0) is 0 Å². The number of hydrogen-bond acceptors (Lipinski definition) is 3. The second kappa shape index (κ2) is 5.04. The minimum atomic E-state index is 0.555. The molecule has 2 heterocycles. The van der Waals surface area contributed by atoms with Gasteiger partial charge in [0.25, 0.3) is 0 Å². The van der Waals surface area contributed by atoms with Crippen molar-refractivity contribution in [1.82, 2.24) is 4.90 Å². The molecule has 104 valence electrons. The maximum absolute atomic E-state index is 6.23. The standard InChI is InChI=1S/C16H25N3/c1-12-6-7-16(15(17)9-12)19-11-14-5-3-4-8-18(14)10-13(19)2/h6-7,9,13-14H,3-5,8,10-11,17H2,1-2H3. The summed E-state index contributed by atoms with van der Waals surface area (Å²) in [5.41, 5.74) is 9.62. The highest BCUT2D eigenvalue weighted by Crippen LogP contribution is 2.31. The number of rotatable bonds is 1. The van der Waals surface area contributed by atoms with Gasteiger partial charge in [-0.1, -0.05) is 12.5 Å². The Morgan fingerprint density at radius 1 is 1.21 bits per heavy atom. The Morgan fingerprint density at radius 3 is 2.84 bits per heavy atom. The number of fused-ring (bicyclic) bond motifs is 1. The highest BCUT2D eigenvalue weighted by atomic mass is 15.3. The summed E-state index contributed by atoms with van der Waals surface area (Å²) in [7, 11) is 0.